The second kappa shape index (κ2) is 6.12. The Labute approximate surface area is 119 Å². The van der Waals surface area contributed by atoms with Gasteiger partial charge >= 0.3 is 0 Å². The molecule has 0 fully saturated rings. The minimum absolute atomic E-state index is 0.0979. The zero-order chi connectivity index (χ0) is 13.8. The quantitative estimate of drug-likeness (QED) is 0.921. The van der Waals surface area contributed by atoms with Crippen LogP contribution in [-0.4, -0.2) is 12.0 Å². The minimum Gasteiger partial charge on any atom is -0.439 e. The van der Waals surface area contributed by atoms with Gasteiger partial charge in [-0.1, -0.05) is 22.0 Å². The van der Waals surface area contributed by atoms with Crippen LogP contribution >= 0.6 is 15.9 Å². The number of hydrogen-bond donors (Lipinski definition) is 1. The van der Waals surface area contributed by atoms with Crippen molar-refractivity contribution in [2.45, 2.75) is 13.0 Å². The van der Waals surface area contributed by atoms with Gasteiger partial charge in [0.1, 0.15) is 11.6 Å². The maximum absolute atomic E-state index is 13.3. The summed E-state index contributed by atoms with van der Waals surface area (Å²) in [6, 6.07) is 8.28. The van der Waals surface area contributed by atoms with Crippen LogP contribution in [0.3, 0.4) is 0 Å². The van der Waals surface area contributed by atoms with Crippen LogP contribution in [0.2, 0.25) is 0 Å². The van der Waals surface area contributed by atoms with E-state index in [0.29, 0.717) is 16.1 Å². The predicted octanol–water partition coefficient (Wildman–Crippen LogP) is 4.06. The number of nitrogens with one attached hydrogen (secondary N) is 1. The third kappa shape index (κ3) is 3.52. The standard InChI is InChI=1S/C14H14BrFN2O/c1-9(17-2)13-4-3-5-18-14(13)19-12-7-10(15)6-11(16)8-12/h3-9,17H,1-2H3. The summed E-state index contributed by atoms with van der Waals surface area (Å²) in [4.78, 5) is 4.20. The first-order valence-electron chi connectivity index (χ1n) is 5.86. The highest BCUT2D eigenvalue weighted by Crippen LogP contribution is 2.29. The van der Waals surface area contributed by atoms with Crippen molar-refractivity contribution in [3.05, 3.63) is 52.4 Å². The van der Waals surface area contributed by atoms with Crippen molar-refractivity contribution >= 4 is 15.9 Å². The fourth-order valence-corrected chi connectivity index (χ4v) is 2.12. The fourth-order valence-electron chi connectivity index (χ4n) is 1.67. The van der Waals surface area contributed by atoms with E-state index in [1.807, 2.05) is 26.1 Å². The Morgan fingerprint density at radius 1 is 1.37 bits per heavy atom. The maximum Gasteiger partial charge on any atom is 0.223 e. The van der Waals surface area contributed by atoms with E-state index in [2.05, 4.69) is 26.2 Å². The van der Waals surface area contributed by atoms with Crippen molar-refractivity contribution in [1.82, 2.24) is 10.3 Å². The number of nitrogens with zero attached hydrogens (tertiary/aromatic N) is 1. The molecular formula is C14H14BrFN2O. The molecule has 0 aliphatic heterocycles. The number of rotatable bonds is 4. The molecule has 0 aliphatic rings. The highest BCUT2D eigenvalue weighted by molar-refractivity contribution is 9.10. The normalized spacial score (nSPS) is 12.2. The lowest BCUT2D eigenvalue weighted by Gasteiger charge is -2.15. The lowest BCUT2D eigenvalue weighted by Crippen LogP contribution is -2.13. The number of hydrogen-bond acceptors (Lipinski definition) is 3. The van der Waals surface area contributed by atoms with Crippen LogP contribution < -0.4 is 10.1 Å². The molecule has 1 atom stereocenters. The molecule has 2 aromatic rings. The third-order valence-electron chi connectivity index (χ3n) is 2.75. The van der Waals surface area contributed by atoms with E-state index < -0.39 is 0 Å². The van der Waals surface area contributed by atoms with Crippen molar-refractivity contribution in [1.29, 1.82) is 0 Å². The Hall–Kier alpha value is -1.46. The van der Waals surface area contributed by atoms with Gasteiger partial charge in [0.05, 0.1) is 0 Å². The first kappa shape index (κ1) is 14.0. The molecule has 19 heavy (non-hydrogen) atoms. The first-order valence-corrected chi connectivity index (χ1v) is 6.65. The predicted molar refractivity (Wildman–Crippen MR) is 75.9 cm³/mol. The van der Waals surface area contributed by atoms with E-state index in [1.54, 1.807) is 12.3 Å². The van der Waals surface area contributed by atoms with E-state index >= 15 is 0 Å². The number of halogens is 2. The van der Waals surface area contributed by atoms with Crippen molar-refractivity contribution in [2.24, 2.45) is 0 Å². The Balaban J connectivity index is 2.32. The fraction of sp³-hybridized carbons (Fsp3) is 0.214. The number of ether oxygens (including phenoxy) is 1. The van der Waals surface area contributed by atoms with Crippen LogP contribution in [0.4, 0.5) is 4.39 Å². The molecule has 5 heteroatoms. The number of aromatic nitrogens is 1. The summed E-state index contributed by atoms with van der Waals surface area (Å²) in [6.07, 6.45) is 1.65. The van der Waals surface area contributed by atoms with Crippen molar-refractivity contribution in [3.63, 3.8) is 0 Å². The summed E-state index contributed by atoms with van der Waals surface area (Å²) in [5.41, 5.74) is 0.922. The molecule has 3 nitrogen and oxygen atoms in total. The second-order valence-electron chi connectivity index (χ2n) is 4.12. The van der Waals surface area contributed by atoms with Crippen LogP contribution in [-0.2, 0) is 0 Å². The molecule has 1 N–H and O–H groups in total. The van der Waals surface area contributed by atoms with Gasteiger partial charge in [-0.25, -0.2) is 9.37 Å². The van der Waals surface area contributed by atoms with Crippen LogP contribution in [0.5, 0.6) is 11.6 Å². The molecule has 0 bridgehead atoms. The zero-order valence-corrected chi connectivity index (χ0v) is 12.2. The van der Waals surface area contributed by atoms with Gasteiger partial charge in [-0.15, -0.1) is 0 Å². The van der Waals surface area contributed by atoms with E-state index in [0.717, 1.165) is 5.56 Å². The Morgan fingerprint density at radius 3 is 2.84 bits per heavy atom. The van der Waals surface area contributed by atoms with Gasteiger partial charge in [-0.2, -0.15) is 0 Å². The van der Waals surface area contributed by atoms with Gasteiger partial charge in [0.25, 0.3) is 0 Å². The molecule has 0 saturated carbocycles. The Morgan fingerprint density at radius 2 is 2.16 bits per heavy atom. The van der Waals surface area contributed by atoms with Crippen LogP contribution in [0.1, 0.15) is 18.5 Å². The van der Waals surface area contributed by atoms with E-state index in [-0.39, 0.29) is 11.9 Å². The average molecular weight is 325 g/mol. The van der Waals surface area contributed by atoms with E-state index in [9.17, 15) is 4.39 Å². The molecule has 0 spiro atoms. The molecular weight excluding hydrogens is 311 g/mol. The van der Waals surface area contributed by atoms with Crippen molar-refractivity contribution in [2.75, 3.05) is 7.05 Å². The van der Waals surface area contributed by atoms with Crippen LogP contribution in [0.25, 0.3) is 0 Å². The topological polar surface area (TPSA) is 34.2 Å². The number of benzene rings is 1. The third-order valence-corrected chi connectivity index (χ3v) is 3.21. The van der Waals surface area contributed by atoms with Gasteiger partial charge in [0.15, 0.2) is 0 Å². The average Bonchev–Trinajstić information content (AvgIpc) is 2.37. The van der Waals surface area contributed by atoms with Crippen LogP contribution in [0, 0.1) is 5.82 Å². The molecule has 1 aromatic heterocycles. The molecule has 0 amide bonds. The van der Waals surface area contributed by atoms with Gasteiger partial charge < -0.3 is 10.1 Å². The summed E-state index contributed by atoms with van der Waals surface area (Å²) < 4.78 is 19.6. The van der Waals surface area contributed by atoms with Crippen molar-refractivity contribution in [3.8, 4) is 11.6 Å². The monoisotopic (exact) mass is 324 g/mol. The highest BCUT2D eigenvalue weighted by Gasteiger charge is 2.12. The maximum atomic E-state index is 13.3. The molecule has 0 radical (unpaired) electrons. The summed E-state index contributed by atoms with van der Waals surface area (Å²) in [5, 5.41) is 3.13. The van der Waals surface area contributed by atoms with Gasteiger partial charge in [0.2, 0.25) is 5.88 Å². The SMILES string of the molecule is CNC(C)c1cccnc1Oc1cc(F)cc(Br)c1. The Kier molecular flexibility index (Phi) is 4.50. The largest absolute Gasteiger partial charge is 0.439 e. The first-order chi connectivity index (χ1) is 9.10. The summed E-state index contributed by atoms with van der Waals surface area (Å²) >= 11 is 3.23. The van der Waals surface area contributed by atoms with Gasteiger partial charge in [-0.3, -0.25) is 0 Å². The van der Waals surface area contributed by atoms with E-state index in [4.69, 9.17) is 4.74 Å². The lowest BCUT2D eigenvalue weighted by atomic mass is 10.1. The minimum atomic E-state index is -0.358. The second-order valence-corrected chi connectivity index (χ2v) is 5.03. The Bertz CT molecular complexity index is 557. The molecule has 0 saturated heterocycles. The van der Waals surface area contributed by atoms with Gasteiger partial charge in [-0.05, 0) is 32.2 Å². The zero-order valence-electron chi connectivity index (χ0n) is 10.7. The van der Waals surface area contributed by atoms with E-state index in [1.165, 1.54) is 12.1 Å². The smallest absolute Gasteiger partial charge is 0.223 e. The molecule has 2 rings (SSSR count). The number of pyridine rings is 1. The molecule has 1 unspecified atom stereocenters. The van der Waals surface area contributed by atoms with Crippen LogP contribution in [0.15, 0.2) is 41.0 Å². The molecule has 1 aromatic carbocycles. The molecule has 1 heterocycles. The van der Waals surface area contributed by atoms with Crippen molar-refractivity contribution < 1.29 is 9.13 Å². The highest BCUT2D eigenvalue weighted by atomic mass is 79.9. The molecule has 0 aliphatic carbocycles. The molecule has 100 valence electrons. The lowest BCUT2D eigenvalue weighted by molar-refractivity contribution is 0.442. The summed E-state index contributed by atoms with van der Waals surface area (Å²) in [7, 11) is 1.86. The van der Waals surface area contributed by atoms with Gasteiger partial charge in [0, 0.05) is 28.3 Å². The summed E-state index contributed by atoms with van der Waals surface area (Å²) in [6.45, 7) is 2.01. The summed E-state index contributed by atoms with van der Waals surface area (Å²) in [5.74, 6) is 0.528.